The third-order valence-corrected chi connectivity index (χ3v) is 9.85. The van der Waals surface area contributed by atoms with Gasteiger partial charge >= 0.3 is 5.97 Å². The Balaban J connectivity index is 1.32. The number of allylic oxidation sites excluding steroid dienone is 3. The van der Waals surface area contributed by atoms with E-state index in [1.807, 2.05) is 30.3 Å². The van der Waals surface area contributed by atoms with E-state index in [1.165, 1.54) is 12.0 Å². The Morgan fingerprint density at radius 2 is 1.75 bits per heavy atom. The summed E-state index contributed by atoms with van der Waals surface area (Å²) in [6.07, 6.45) is 12.0. The Labute approximate surface area is 199 Å². The number of hydrogen-bond acceptors (Lipinski definition) is 3. The molecule has 0 aromatic heterocycles. The number of ketones is 1. The van der Waals surface area contributed by atoms with E-state index in [9.17, 15) is 9.59 Å². The van der Waals surface area contributed by atoms with Crippen LogP contribution in [0.2, 0.25) is 0 Å². The molecule has 3 unspecified atom stereocenters. The van der Waals surface area contributed by atoms with Gasteiger partial charge in [-0.1, -0.05) is 65.7 Å². The van der Waals surface area contributed by atoms with Crippen molar-refractivity contribution in [2.75, 3.05) is 5.33 Å². The molecule has 0 N–H and O–H groups in total. The number of fused-ring (bicyclic) bond motifs is 5. The minimum atomic E-state index is -0.206. The number of rotatable bonds is 4. The highest BCUT2D eigenvalue weighted by Gasteiger charge is 2.57. The van der Waals surface area contributed by atoms with Crippen molar-refractivity contribution in [1.82, 2.24) is 0 Å². The van der Waals surface area contributed by atoms with Crippen LogP contribution >= 0.6 is 15.9 Å². The van der Waals surface area contributed by atoms with E-state index >= 15 is 0 Å². The van der Waals surface area contributed by atoms with E-state index in [1.54, 1.807) is 0 Å². The highest BCUT2D eigenvalue weighted by molar-refractivity contribution is 9.09. The van der Waals surface area contributed by atoms with Crippen molar-refractivity contribution in [2.24, 2.45) is 28.6 Å². The summed E-state index contributed by atoms with van der Waals surface area (Å²) < 4.78 is 5.92. The molecule has 170 valence electrons. The monoisotopic (exact) mass is 496 g/mol. The Hall–Kier alpha value is -1.68. The van der Waals surface area contributed by atoms with Gasteiger partial charge in [-0.25, -0.2) is 4.79 Å². The average Bonchev–Trinajstić information content (AvgIpc) is 3.16. The van der Waals surface area contributed by atoms with Gasteiger partial charge in [-0.05, 0) is 84.8 Å². The number of halogens is 1. The number of carbonyl (C=O) groups is 2. The van der Waals surface area contributed by atoms with Crippen molar-refractivity contribution in [3.05, 3.63) is 59.2 Å². The molecular formula is C28H33BrO3. The zero-order valence-corrected chi connectivity index (χ0v) is 20.7. The van der Waals surface area contributed by atoms with Gasteiger partial charge in [-0.2, -0.15) is 0 Å². The summed E-state index contributed by atoms with van der Waals surface area (Å²) in [5, 5.41) is 0.431. The van der Waals surface area contributed by atoms with Crippen LogP contribution in [0, 0.1) is 28.6 Å². The predicted molar refractivity (Wildman–Crippen MR) is 130 cm³/mol. The molecule has 0 bridgehead atoms. The number of alkyl halides is 1. The van der Waals surface area contributed by atoms with E-state index < -0.39 is 0 Å². The summed E-state index contributed by atoms with van der Waals surface area (Å²) in [6.45, 7) is 4.80. The Morgan fingerprint density at radius 3 is 2.50 bits per heavy atom. The van der Waals surface area contributed by atoms with Crippen molar-refractivity contribution in [3.8, 4) is 0 Å². The lowest BCUT2D eigenvalue weighted by Crippen LogP contribution is -2.50. The van der Waals surface area contributed by atoms with E-state index in [0.717, 1.165) is 44.1 Å². The molecule has 3 nitrogen and oxygen atoms in total. The molecule has 0 saturated heterocycles. The van der Waals surface area contributed by atoms with Gasteiger partial charge in [0.15, 0.2) is 5.78 Å². The fourth-order valence-corrected chi connectivity index (χ4v) is 7.90. The molecule has 4 aliphatic rings. The van der Waals surface area contributed by atoms with Crippen LogP contribution in [-0.2, 0) is 9.53 Å². The van der Waals surface area contributed by atoms with Gasteiger partial charge in [0.1, 0.15) is 6.10 Å². The molecule has 6 atom stereocenters. The van der Waals surface area contributed by atoms with Crippen molar-refractivity contribution in [3.63, 3.8) is 0 Å². The largest absolute Gasteiger partial charge is 0.458 e. The number of Topliss-reactive ketones (excluding diaryl/α,β-unsaturated/α-hetero) is 1. The van der Waals surface area contributed by atoms with Crippen molar-refractivity contribution in [1.29, 1.82) is 0 Å². The second-order valence-electron chi connectivity index (χ2n) is 10.8. The topological polar surface area (TPSA) is 43.4 Å². The second-order valence-corrected chi connectivity index (χ2v) is 11.3. The van der Waals surface area contributed by atoms with Gasteiger partial charge < -0.3 is 4.74 Å². The van der Waals surface area contributed by atoms with Crippen LogP contribution in [0.5, 0.6) is 0 Å². The van der Waals surface area contributed by atoms with Gasteiger partial charge in [0.05, 0.1) is 10.9 Å². The first-order chi connectivity index (χ1) is 15.4. The standard InChI is InChI=1S/C28H33BrO3/c1-27-14-12-20(32-26(31)18-6-4-3-5-7-18)16-19(27)8-9-21-22-10-11-24(25(30)17-29)28(22,2)15-13-23(21)27/h3-8,11,20-23H,9-10,12-17H2,1-2H3/t20-,21?,22?,23?,27-,28-/m0/s1. The van der Waals surface area contributed by atoms with E-state index in [4.69, 9.17) is 4.74 Å². The number of carbonyl (C=O) groups excluding carboxylic acids is 2. The Morgan fingerprint density at radius 1 is 1.00 bits per heavy atom. The summed E-state index contributed by atoms with van der Waals surface area (Å²) >= 11 is 3.39. The molecule has 0 radical (unpaired) electrons. The zero-order chi connectivity index (χ0) is 22.5. The van der Waals surface area contributed by atoms with Crippen LogP contribution in [-0.4, -0.2) is 23.2 Å². The van der Waals surface area contributed by atoms with Crippen molar-refractivity contribution >= 4 is 27.7 Å². The fraction of sp³-hybridized carbons (Fsp3) is 0.571. The molecule has 1 aromatic carbocycles. The van der Waals surface area contributed by atoms with Gasteiger partial charge in [0.2, 0.25) is 0 Å². The van der Waals surface area contributed by atoms with Gasteiger partial charge in [0, 0.05) is 6.42 Å². The zero-order valence-electron chi connectivity index (χ0n) is 19.1. The van der Waals surface area contributed by atoms with Crippen molar-refractivity contribution < 1.29 is 14.3 Å². The maximum absolute atomic E-state index is 12.6. The lowest BCUT2D eigenvalue weighted by Gasteiger charge is -2.57. The second kappa shape index (κ2) is 8.27. The van der Waals surface area contributed by atoms with Crippen LogP contribution in [0.25, 0.3) is 0 Å². The van der Waals surface area contributed by atoms with Crippen LogP contribution in [0.1, 0.15) is 69.2 Å². The van der Waals surface area contributed by atoms with Gasteiger partial charge in [-0.15, -0.1) is 0 Å². The Bertz CT molecular complexity index is 980. The van der Waals surface area contributed by atoms with Crippen LogP contribution in [0.3, 0.4) is 0 Å². The molecule has 5 rings (SSSR count). The third-order valence-electron chi connectivity index (χ3n) is 9.34. The quantitative estimate of drug-likeness (QED) is 0.265. The van der Waals surface area contributed by atoms with Crippen LogP contribution in [0.4, 0.5) is 0 Å². The molecule has 4 heteroatoms. The lowest BCUT2D eigenvalue weighted by atomic mass is 9.47. The van der Waals surface area contributed by atoms with Gasteiger partial charge in [0.25, 0.3) is 0 Å². The van der Waals surface area contributed by atoms with Gasteiger partial charge in [-0.3, -0.25) is 4.79 Å². The summed E-state index contributed by atoms with van der Waals surface area (Å²) in [5.74, 6) is 1.94. The van der Waals surface area contributed by atoms with Crippen molar-refractivity contribution in [2.45, 2.75) is 64.9 Å². The Kier molecular flexibility index (Phi) is 5.72. The maximum atomic E-state index is 12.6. The van der Waals surface area contributed by atoms with Crippen LogP contribution in [0.15, 0.2) is 53.6 Å². The maximum Gasteiger partial charge on any atom is 0.338 e. The minimum Gasteiger partial charge on any atom is -0.458 e. The van der Waals surface area contributed by atoms with E-state index in [-0.39, 0.29) is 28.7 Å². The van der Waals surface area contributed by atoms with Crippen LogP contribution < -0.4 is 0 Å². The molecule has 2 fully saturated rings. The predicted octanol–water partition coefficient (Wildman–Crippen LogP) is 6.68. The molecule has 0 spiro atoms. The number of benzene rings is 1. The first-order valence-corrected chi connectivity index (χ1v) is 13.2. The molecule has 1 aromatic rings. The van der Waals surface area contributed by atoms with E-state index in [2.05, 4.69) is 41.9 Å². The fourth-order valence-electron chi connectivity index (χ4n) is 7.59. The summed E-state index contributed by atoms with van der Waals surface area (Å²) in [7, 11) is 0. The number of esters is 1. The average molecular weight is 497 g/mol. The molecule has 32 heavy (non-hydrogen) atoms. The number of ether oxygens (including phenoxy) is 1. The summed E-state index contributed by atoms with van der Waals surface area (Å²) in [5.41, 5.74) is 3.45. The molecule has 0 heterocycles. The molecule has 4 aliphatic carbocycles. The first kappa shape index (κ1) is 22.1. The molecule has 0 amide bonds. The third kappa shape index (κ3) is 3.45. The minimum absolute atomic E-state index is 0.0243. The smallest absolute Gasteiger partial charge is 0.338 e. The summed E-state index contributed by atoms with van der Waals surface area (Å²) in [6, 6.07) is 9.32. The highest BCUT2D eigenvalue weighted by atomic mass is 79.9. The lowest BCUT2D eigenvalue weighted by molar-refractivity contribution is -0.115. The number of hydrogen-bond donors (Lipinski definition) is 0. The normalized spacial score (nSPS) is 38.0. The molecule has 0 aliphatic heterocycles. The molecular weight excluding hydrogens is 464 g/mol. The molecule has 2 saturated carbocycles. The SMILES string of the molecule is C[C@]12CC[C@H](OC(=O)c3ccccc3)CC1=CCC1C2CC[C@]2(C)C(C(=O)CBr)=CCC12. The van der Waals surface area contributed by atoms with E-state index in [0.29, 0.717) is 28.6 Å². The highest BCUT2D eigenvalue weighted by Crippen LogP contribution is 2.65. The summed E-state index contributed by atoms with van der Waals surface area (Å²) in [4.78, 5) is 25.2. The first-order valence-electron chi connectivity index (χ1n) is 12.1.